The number of likely N-dealkylation sites (tertiary alicyclic amines) is 1. The molecule has 0 aliphatic carbocycles. The molecule has 1 fully saturated rings. The highest BCUT2D eigenvalue weighted by Crippen LogP contribution is 2.19. The second-order valence-corrected chi connectivity index (χ2v) is 8.59. The molecule has 30 heavy (non-hydrogen) atoms. The molecule has 3 aromatic rings. The van der Waals surface area contributed by atoms with Crippen molar-refractivity contribution in [3.8, 4) is 5.75 Å². The molecule has 0 spiro atoms. The number of methoxy groups -OCH3 is 1. The van der Waals surface area contributed by atoms with Gasteiger partial charge in [0.05, 0.1) is 19.2 Å². The first-order valence-electron chi connectivity index (χ1n) is 10.1. The molecular weight excluding hydrogens is 402 g/mol. The maximum Gasteiger partial charge on any atom is 0.332 e. The van der Waals surface area contributed by atoms with E-state index < -0.39 is 5.69 Å². The first-order valence-corrected chi connectivity index (χ1v) is 11.0. The quantitative estimate of drug-likeness (QED) is 0.628. The minimum absolute atomic E-state index is 0.0607. The Labute approximate surface area is 178 Å². The summed E-state index contributed by atoms with van der Waals surface area (Å²) in [6.07, 6.45) is 3.07. The molecule has 3 heterocycles. The van der Waals surface area contributed by atoms with Crippen LogP contribution in [0.25, 0.3) is 10.2 Å². The average Bonchev–Trinajstić information content (AvgIpc) is 3.24. The fourth-order valence-electron chi connectivity index (χ4n) is 4.07. The summed E-state index contributed by atoms with van der Waals surface area (Å²) in [4.78, 5) is 41.1. The number of aromatic nitrogens is 2. The zero-order valence-electron chi connectivity index (χ0n) is 17.2. The number of carbonyl (C=O) groups excluding carboxylic acids is 1. The summed E-state index contributed by atoms with van der Waals surface area (Å²) in [6.45, 7) is 2.82. The molecule has 1 aliphatic heterocycles. The van der Waals surface area contributed by atoms with Crippen molar-refractivity contribution >= 4 is 27.5 Å². The number of thiophene rings is 1. The van der Waals surface area contributed by atoms with E-state index in [1.54, 1.807) is 24.6 Å². The summed E-state index contributed by atoms with van der Waals surface area (Å²) in [5.74, 6) is 0.579. The number of ether oxygens (including phenoxy) is 1. The molecular formula is C22H25N3O4S. The number of amides is 1. The molecule has 2 aromatic heterocycles. The molecule has 0 N–H and O–H groups in total. The Morgan fingerprint density at radius 3 is 2.80 bits per heavy atom. The maximum atomic E-state index is 13.3. The van der Waals surface area contributed by atoms with Gasteiger partial charge >= 0.3 is 5.69 Å². The van der Waals surface area contributed by atoms with E-state index in [1.807, 2.05) is 30.0 Å². The van der Waals surface area contributed by atoms with Gasteiger partial charge in [0.15, 0.2) is 0 Å². The van der Waals surface area contributed by atoms with E-state index in [2.05, 4.69) is 0 Å². The van der Waals surface area contributed by atoms with Gasteiger partial charge in [-0.2, -0.15) is 0 Å². The molecule has 1 amide bonds. The lowest BCUT2D eigenvalue weighted by Gasteiger charge is -2.33. The molecule has 0 saturated carbocycles. The first-order chi connectivity index (χ1) is 14.5. The van der Waals surface area contributed by atoms with E-state index in [0.29, 0.717) is 22.5 Å². The van der Waals surface area contributed by atoms with Crippen molar-refractivity contribution in [2.24, 2.45) is 0 Å². The summed E-state index contributed by atoms with van der Waals surface area (Å²) in [7, 11) is 1.57. The fourth-order valence-corrected chi connectivity index (χ4v) is 4.92. The average molecular weight is 428 g/mol. The van der Waals surface area contributed by atoms with E-state index in [0.717, 1.165) is 24.8 Å². The van der Waals surface area contributed by atoms with Crippen LogP contribution < -0.4 is 16.0 Å². The van der Waals surface area contributed by atoms with E-state index in [1.165, 1.54) is 20.5 Å². The largest absolute Gasteiger partial charge is 0.497 e. The second-order valence-electron chi connectivity index (χ2n) is 7.68. The van der Waals surface area contributed by atoms with Crippen molar-refractivity contribution in [2.75, 3.05) is 13.7 Å². The summed E-state index contributed by atoms with van der Waals surface area (Å²) in [5.41, 5.74) is 0.511. The summed E-state index contributed by atoms with van der Waals surface area (Å²) >= 11 is 1.29. The molecule has 7 nitrogen and oxygen atoms in total. The van der Waals surface area contributed by atoms with Crippen molar-refractivity contribution in [1.29, 1.82) is 0 Å². The van der Waals surface area contributed by atoms with Crippen LogP contribution in [0.1, 0.15) is 31.7 Å². The normalized spacial score (nSPS) is 16.7. The molecule has 0 unspecified atom stereocenters. The Kier molecular flexibility index (Phi) is 5.76. The third-order valence-corrected chi connectivity index (χ3v) is 6.62. The van der Waals surface area contributed by atoms with Crippen LogP contribution in [-0.2, 0) is 17.9 Å². The van der Waals surface area contributed by atoms with Crippen LogP contribution in [0.15, 0.2) is 45.3 Å². The van der Waals surface area contributed by atoms with Gasteiger partial charge in [-0.15, -0.1) is 11.3 Å². The smallest absolute Gasteiger partial charge is 0.332 e. The number of rotatable bonds is 5. The zero-order valence-corrected chi connectivity index (χ0v) is 18.0. The van der Waals surface area contributed by atoms with Gasteiger partial charge in [-0.25, -0.2) is 4.79 Å². The lowest BCUT2D eigenvalue weighted by Crippen LogP contribution is -2.47. The van der Waals surface area contributed by atoms with Gasteiger partial charge in [-0.1, -0.05) is 12.1 Å². The Balaban J connectivity index is 1.74. The number of carbonyl (C=O) groups is 1. The van der Waals surface area contributed by atoms with E-state index in [9.17, 15) is 14.4 Å². The molecule has 1 aromatic carbocycles. The molecule has 1 aliphatic rings. The number of nitrogens with zero attached hydrogens (tertiary/aromatic N) is 3. The third-order valence-electron chi connectivity index (χ3n) is 5.73. The molecule has 4 rings (SSSR count). The SMILES string of the molecule is COc1cccc(Cn2c(=O)c3sccc3n(CC(=O)N3CCCC[C@@H]3C)c2=O)c1. The predicted molar refractivity (Wildman–Crippen MR) is 117 cm³/mol. The topological polar surface area (TPSA) is 73.5 Å². The van der Waals surface area contributed by atoms with E-state index in [-0.39, 0.29) is 30.6 Å². The molecule has 0 radical (unpaired) electrons. The third kappa shape index (κ3) is 3.79. The molecule has 8 heteroatoms. The van der Waals surface area contributed by atoms with Crippen LogP contribution in [0.3, 0.4) is 0 Å². The van der Waals surface area contributed by atoms with Gasteiger partial charge in [0, 0.05) is 12.6 Å². The Bertz CT molecular complexity index is 1190. The lowest BCUT2D eigenvalue weighted by molar-refractivity contribution is -0.135. The number of piperidine rings is 1. The lowest BCUT2D eigenvalue weighted by atomic mass is 10.0. The van der Waals surface area contributed by atoms with Gasteiger partial charge in [0.2, 0.25) is 5.91 Å². The van der Waals surface area contributed by atoms with E-state index >= 15 is 0 Å². The van der Waals surface area contributed by atoms with Gasteiger partial charge in [-0.05, 0) is 55.3 Å². The Morgan fingerprint density at radius 1 is 1.20 bits per heavy atom. The van der Waals surface area contributed by atoms with Crippen LogP contribution in [0.2, 0.25) is 0 Å². The van der Waals surface area contributed by atoms with Crippen molar-refractivity contribution < 1.29 is 9.53 Å². The monoisotopic (exact) mass is 427 g/mol. The van der Waals surface area contributed by atoms with Crippen LogP contribution in [-0.4, -0.2) is 39.6 Å². The van der Waals surface area contributed by atoms with Crippen LogP contribution in [0.5, 0.6) is 5.75 Å². The van der Waals surface area contributed by atoms with E-state index in [4.69, 9.17) is 4.74 Å². The fraction of sp³-hybridized carbons (Fsp3) is 0.409. The molecule has 158 valence electrons. The van der Waals surface area contributed by atoms with Gasteiger partial charge < -0.3 is 9.64 Å². The second kappa shape index (κ2) is 8.47. The number of benzene rings is 1. The van der Waals surface area contributed by atoms with Gasteiger partial charge in [0.25, 0.3) is 5.56 Å². The predicted octanol–water partition coefficient (Wildman–Crippen LogP) is 2.68. The number of hydrogen-bond donors (Lipinski definition) is 0. The standard InChI is InChI=1S/C22H25N3O4S/c1-15-6-3-4-10-23(15)19(26)14-24-18-9-11-30-20(18)21(27)25(22(24)28)13-16-7-5-8-17(12-16)29-2/h5,7-9,11-12,15H,3-4,6,10,13-14H2,1-2H3/t15-/m0/s1. The summed E-state index contributed by atoms with van der Waals surface area (Å²) in [5, 5.41) is 1.78. The highest BCUT2D eigenvalue weighted by molar-refractivity contribution is 7.17. The number of fused-ring (bicyclic) bond motifs is 1. The summed E-state index contributed by atoms with van der Waals surface area (Å²) < 4.78 is 8.38. The Hall–Kier alpha value is -2.87. The van der Waals surface area contributed by atoms with Gasteiger partial charge in [0.1, 0.15) is 17.0 Å². The summed E-state index contributed by atoms with van der Waals surface area (Å²) in [6, 6.07) is 9.19. The first kappa shape index (κ1) is 20.4. The number of hydrogen-bond acceptors (Lipinski definition) is 5. The Morgan fingerprint density at radius 2 is 2.03 bits per heavy atom. The van der Waals surface area contributed by atoms with Crippen LogP contribution in [0.4, 0.5) is 0 Å². The van der Waals surface area contributed by atoms with Crippen molar-refractivity contribution in [2.45, 2.75) is 45.3 Å². The molecule has 0 bridgehead atoms. The van der Waals surface area contributed by atoms with Gasteiger partial charge in [-0.3, -0.25) is 18.7 Å². The van der Waals surface area contributed by atoms with Crippen molar-refractivity contribution in [1.82, 2.24) is 14.0 Å². The maximum absolute atomic E-state index is 13.3. The van der Waals surface area contributed by atoms with Crippen LogP contribution in [0, 0.1) is 0 Å². The highest BCUT2D eigenvalue weighted by Gasteiger charge is 2.25. The highest BCUT2D eigenvalue weighted by atomic mass is 32.1. The van der Waals surface area contributed by atoms with Crippen molar-refractivity contribution in [3.05, 3.63) is 62.1 Å². The minimum Gasteiger partial charge on any atom is -0.497 e. The minimum atomic E-state index is -0.466. The molecule has 1 atom stereocenters. The zero-order chi connectivity index (χ0) is 21.3. The van der Waals surface area contributed by atoms with Crippen molar-refractivity contribution in [3.63, 3.8) is 0 Å². The molecule has 1 saturated heterocycles. The van der Waals surface area contributed by atoms with Crippen LogP contribution >= 0.6 is 11.3 Å².